The molecule has 5 nitrogen and oxygen atoms in total. The lowest BCUT2D eigenvalue weighted by atomic mass is 10.3. The van der Waals surface area contributed by atoms with Crippen LogP contribution < -0.4 is 14.9 Å². The third kappa shape index (κ3) is 4.60. The number of carbonyl (C=O) groups excluding carboxylic acids is 1. The molecule has 0 fully saturated rings. The minimum atomic E-state index is -0.322. The molecular weight excluding hydrogens is 300 g/mol. The Bertz CT molecular complexity index is 652. The Balaban J connectivity index is 1.83. The van der Waals surface area contributed by atoms with Gasteiger partial charge in [-0.1, -0.05) is 12.1 Å². The number of rotatable bonds is 7. The molecule has 1 amide bonds. The van der Waals surface area contributed by atoms with Gasteiger partial charge in [0.15, 0.2) is 18.1 Å². The normalized spacial score (nSPS) is 10.6. The minimum Gasteiger partial charge on any atom is -0.490 e. The van der Waals surface area contributed by atoms with E-state index in [2.05, 4.69) is 10.5 Å². The van der Waals surface area contributed by atoms with Crippen LogP contribution in [0.5, 0.6) is 11.5 Å². The lowest BCUT2D eigenvalue weighted by Gasteiger charge is -2.10. The largest absolute Gasteiger partial charge is 0.490 e. The van der Waals surface area contributed by atoms with Gasteiger partial charge in [-0.05, 0) is 43.0 Å². The van der Waals surface area contributed by atoms with E-state index < -0.39 is 0 Å². The zero-order chi connectivity index (χ0) is 15.8. The molecule has 0 radical (unpaired) electrons. The van der Waals surface area contributed by atoms with E-state index in [4.69, 9.17) is 9.47 Å². The van der Waals surface area contributed by atoms with Crippen LogP contribution in [0.15, 0.2) is 40.8 Å². The molecule has 1 aromatic carbocycles. The maximum absolute atomic E-state index is 11.7. The van der Waals surface area contributed by atoms with E-state index in [-0.39, 0.29) is 12.5 Å². The van der Waals surface area contributed by atoms with Crippen LogP contribution >= 0.6 is 11.3 Å². The van der Waals surface area contributed by atoms with Gasteiger partial charge >= 0.3 is 0 Å². The second-order valence-corrected chi connectivity index (χ2v) is 5.38. The van der Waals surface area contributed by atoms with Crippen molar-refractivity contribution < 1.29 is 14.3 Å². The second kappa shape index (κ2) is 8.19. The van der Waals surface area contributed by atoms with Crippen LogP contribution in [0.4, 0.5) is 0 Å². The predicted octanol–water partition coefficient (Wildman–Crippen LogP) is 2.98. The average Bonchev–Trinajstić information content (AvgIpc) is 2.92. The first kappa shape index (κ1) is 16.0. The molecule has 0 aliphatic carbocycles. The van der Waals surface area contributed by atoms with Crippen molar-refractivity contribution >= 4 is 23.5 Å². The highest BCUT2D eigenvalue weighted by atomic mass is 32.1. The zero-order valence-electron chi connectivity index (χ0n) is 12.5. The summed E-state index contributed by atoms with van der Waals surface area (Å²) < 4.78 is 10.9. The van der Waals surface area contributed by atoms with Gasteiger partial charge in [0.1, 0.15) is 0 Å². The fourth-order valence-electron chi connectivity index (χ4n) is 1.70. The third-order valence-electron chi connectivity index (χ3n) is 2.78. The second-order valence-electron chi connectivity index (χ2n) is 4.43. The van der Waals surface area contributed by atoms with Crippen molar-refractivity contribution in [1.29, 1.82) is 0 Å². The number of aryl methyl sites for hydroxylation is 1. The van der Waals surface area contributed by atoms with Crippen molar-refractivity contribution in [3.63, 3.8) is 0 Å². The van der Waals surface area contributed by atoms with Gasteiger partial charge in [-0.2, -0.15) is 5.10 Å². The van der Waals surface area contributed by atoms with Crippen molar-refractivity contribution in [3.05, 3.63) is 46.2 Å². The Kier molecular flexibility index (Phi) is 5.97. The van der Waals surface area contributed by atoms with Crippen LogP contribution in [0.2, 0.25) is 0 Å². The number of nitrogens with zero attached hydrogens (tertiary/aromatic N) is 1. The molecule has 0 unspecified atom stereocenters. The first-order valence-electron chi connectivity index (χ1n) is 6.91. The SMILES string of the molecule is CCOc1ccccc1OCC(=O)N/N=C/c1sccc1C. The fourth-order valence-corrected chi connectivity index (χ4v) is 2.49. The Morgan fingerprint density at radius 3 is 2.64 bits per heavy atom. The van der Waals surface area contributed by atoms with Crippen molar-refractivity contribution in [2.45, 2.75) is 13.8 Å². The molecule has 0 aliphatic heterocycles. The number of hydrogen-bond donors (Lipinski definition) is 1. The third-order valence-corrected chi connectivity index (χ3v) is 3.73. The van der Waals surface area contributed by atoms with Gasteiger partial charge < -0.3 is 9.47 Å². The smallest absolute Gasteiger partial charge is 0.277 e. The number of hydrazone groups is 1. The summed E-state index contributed by atoms with van der Waals surface area (Å²) in [6.45, 7) is 4.31. The summed E-state index contributed by atoms with van der Waals surface area (Å²) in [6.07, 6.45) is 1.63. The highest BCUT2D eigenvalue weighted by Crippen LogP contribution is 2.26. The Morgan fingerprint density at radius 2 is 2.00 bits per heavy atom. The highest BCUT2D eigenvalue weighted by molar-refractivity contribution is 7.11. The summed E-state index contributed by atoms with van der Waals surface area (Å²) in [7, 11) is 0. The topological polar surface area (TPSA) is 59.9 Å². The maximum atomic E-state index is 11.7. The summed E-state index contributed by atoms with van der Waals surface area (Å²) in [5, 5.41) is 5.90. The average molecular weight is 318 g/mol. The van der Waals surface area contributed by atoms with Crippen LogP contribution in [0.25, 0.3) is 0 Å². The van der Waals surface area contributed by atoms with Crippen molar-refractivity contribution in [2.24, 2.45) is 5.10 Å². The van der Waals surface area contributed by atoms with Gasteiger partial charge in [0.2, 0.25) is 0 Å². The van der Waals surface area contributed by atoms with Gasteiger partial charge in [0.25, 0.3) is 5.91 Å². The number of carbonyl (C=O) groups is 1. The van der Waals surface area contributed by atoms with Crippen LogP contribution in [0, 0.1) is 6.92 Å². The summed E-state index contributed by atoms with van der Waals surface area (Å²) in [6, 6.07) is 9.24. The highest BCUT2D eigenvalue weighted by Gasteiger charge is 2.06. The summed E-state index contributed by atoms with van der Waals surface area (Å²) in [4.78, 5) is 12.7. The molecule has 1 aromatic heterocycles. The van der Waals surface area contributed by atoms with Crippen LogP contribution in [-0.2, 0) is 4.79 Å². The van der Waals surface area contributed by atoms with Gasteiger partial charge in [0, 0.05) is 4.88 Å². The lowest BCUT2D eigenvalue weighted by molar-refractivity contribution is -0.123. The van der Waals surface area contributed by atoms with E-state index in [1.54, 1.807) is 29.7 Å². The molecule has 0 bridgehead atoms. The van der Waals surface area contributed by atoms with E-state index in [9.17, 15) is 4.79 Å². The Morgan fingerprint density at radius 1 is 1.27 bits per heavy atom. The van der Waals surface area contributed by atoms with E-state index in [0.717, 1.165) is 10.4 Å². The molecule has 1 N–H and O–H groups in total. The van der Waals surface area contributed by atoms with Crippen molar-refractivity contribution in [2.75, 3.05) is 13.2 Å². The molecule has 0 saturated carbocycles. The van der Waals surface area contributed by atoms with E-state index in [1.165, 1.54) is 0 Å². The molecule has 116 valence electrons. The molecule has 2 rings (SSSR count). The van der Waals surface area contributed by atoms with Gasteiger partial charge in [-0.3, -0.25) is 4.79 Å². The lowest BCUT2D eigenvalue weighted by Crippen LogP contribution is -2.24. The summed E-state index contributed by atoms with van der Waals surface area (Å²) in [5.41, 5.74) is 3.57. The molecular formula is C16H18N2O3S. The molecule has 0 spiro atoms. The summed E-state index contributed by atoms with van der Waals surface area (Å²) in [5.74, 6) is 0.838. The standard InChI is InChI=1S/C16H18N2O3S/c1-3-20-13-6-4-5-7-14(13)21-11-16(19)18-17-10-15-12(2)8-9-22-15/h4-10H,3,11H2,1-2H3,(H,18,19)/b17-10+. The Hall–Kier alpha value is -2.34. The van der Waals surface area contributed by atoms with E-state index >= 15 is 0 Å². The first-order chi connectivity index (χ1) is 10.7. The predicted molar refractivity (Wildman–Crippen MR) is 87.9 cm³/mol. The monoisotopic (exact) mass is 318 g/mol. The molecule has 22 heavy (non-hydrogen) atoms. The number of para-hydroxylation sites is 2. The molecule has 0 aliphatic rings. The van der Waals surface area contributed by atoms with Crippen LogP contribution in [0.3, 0.4) is 0 Å². The number of amides is 1. The number of hydrogen-bond acceptors (Lipinski definition) is 5. The van der Waals surface area contributed by atoms with Gasteiger partial charge in [-0.25, -0.2) is 5.43 Å². The number of ether oxygens (including phenoxy) is 2. The first-order valence-corrected chi connectivity index (χ1v) is 7.79. The molecule has 0 saturated heterocycles. The molecule has 2 aromatic rings. The molecule has 6 heteroatoms. The van der Waals surface area contributed by atoms with Crippen LogP contribution in [0.1, 0.15) is 17.4 Å². The van der Waals surface area contributed by atoms with Gasteiger partial charge in [0.05, 0.1) is 12.8 Å². The van der Waals surface area contributed by atoms with E-state index in [1.807, 2.05) is 37.4 Å². The fraction of sp³-hybridized carbons (Fsp3) is 0.250. The minimum absolute atomic E-state index is 0.120. The van der Waals surface area contributed by atoms with E-state index in [0.29, 0.717) is 18.1 Å². The molecule has 0 atom stereocenters. The zero-order valence-corrected chi connectivity index (χ0v) is 13.4. The Labute approximate surface area is 133 Å². The number of nitrogens with one attached hydrogen (secondary N) is 1. The maximum Gasteiger partial charge on any atom is 0.277 e. The number of thiophene rings is 1. The van der Waals surface area contributed by atoms with Crippen LogP contribution in [-0.4, -0.2) is 25.3 Å². The molecule has 1 heterocycles. The quantitative estimate of drug-likeness (QED) is 0.630. The van der Waals surface area contributed by atoms with Crippen molar-refractivity contribution in [1.82, 2.24) is 5.43 Å². The van der Waals surface area contributed by atoms with Crippen molar-refractivity contribution in [3.8, 4) is 11.5 Å². The van der Waals surface area contributed by atoms with Gasteiger partial charge in [-0.15, -0.1) is 11.3 Å². The number of benzene rings is 1. The summed E-state index contributed by atoms with van der Waals surface area (Å²) >= 11 is 1.57.